The zero-order valence-corrected chi connectivity index (χ0v) is 19.2. The number of nitrogens with zero attached hydrogens (tertiary/aromatic N) is 5. The van der Waals surface area contributed by atoms with Crippen LogP contribution in [0.15, 0.2) is 79.0 Å². The van der Waals surface area contributed by atoms with E-state index < -0.39 is 17.3 Å². The molecule has 3 rings (SSSR count). The summed E-state index contributed by atoms with van der Waals surface area (Å²) >= 11 is 1.36. The first-order chi connectivity index (χ1) is 15.4. The Balaban J connectivity index is 0.00000176. The predicted octanol–water partition coefficient (Wildman–Crippen LogP) is 5.43. The van der Waals surface area contributed by atoms with Gasteiger partial charge in [0.15, 0.2) is 0 Å². The molecule has 0 spiro atoms. The van der Waals surface area contributed by atoms with Crippen LogP contribution in [0.5, 0.6) is 0 Å². The molecule has 3 aromatic rings. The SMILES string of the molecule is C=C/C(F)=C(\C=C)[C@@](O)(Cn1cncn1)[C@@H](C)c1nc(-c2ccc(C#N)cc2)cs1.CC. The highest BCUT2D eigenvalue weighted by molar-refractivity contribution is 7.10. The third-order valence-corrected chi connectivity index (χ3v) is 5.92. The average Bonchev–Trinajstić information content (AvgIpc) is 3.52. The Hall–Kier alpha value is -3.41. The van der Waals surface area contributed by atoms with Crippen LogP contribution in [0.4, 0.5) is 4.39 Å². The van der Waals surface area contributed by atoms with Crippen molar-refractivity contribution in [2.24, 2.45) is 0 Å². The number of benzene rings is 1. The molecular weight excluding hydrogens is 425 g/mol. The number of rotatable bonds is 8. The van der Waals surface area contributed by atoms with Gasteiger partial charge in [-0.3, -0.25) is 0 Å². The Morgan fingerprint density at radius 2 is 2.00 bits per heavy atom. The van der Waals surface area contributed by atoms with E-state index >= 15 is 0 Å². The molecule has 166 valence electrons. The minimum Gasteiger partial charge on any atom is -0.382 e. The molecule has 0 aliphatic heterocycles. The summed E-state index contributed by atoms with van der Waals surface area (Å²) in [6.45, 7) is 12.9. The molecule has 0 radical (unpaired) electrons. The number of nitriles is 1. The van der Waals surface area contributed by atoms with Crippen LogP contribution in [0.25, 0.3) is 11.3 Å². The van der Waals surface area contributed by atoms with Crippen molar-refractivity contribution in [2.45, 2.75) is 38.8 Å². The first kappa shape index (κ1) is 24.9. The molecule has 0 bridgehead atoms. The number of hydrogen-bond acceptors (Lipinski definition) is 6. The molecule has 1 N–H and O–H groups in total. The number of allylic oxidation sites excluding steroid dienone is 2. The van der Waals surface area contributed by atoms with Crippen molar-refractivity contribution in [3.8, 4) is 17.3 Å². The molecule has 32 heavy (non-hydrogen) atoms. The molecule has 0 fully saturated rings. The highest BCUT2D eigenvalue weighted by Gasteiger charge is 2.41. The van der Waals surface area contributed by atoms with Gasteiger partial charge in [0, 0.05) is 22.4 Å². The zero-order chi connectivity index (χ0) is 23.7. The lowest BCUT2D eigenvalue weighted by Gasteiger charge is -2.34. The van der Waals surface area contributed by atoms with Gasteiger partial charge < -0.3 is 5.11 Å². The van der Waals surface area contributed by atoms with Gasteiger partial charge in [0.2, 0.25) is 0 Å². The quantitative estimate of drug-likeness (QED) is 0.462. The highest BCUT2D eigenvalue weighted by atomic mass is 32.1. The Morgan fingerprint density at radius 3 is 2.53 bits per heavy atom. The summed E-state index contributed by atoms with van der Waals surface area (Å²) in [6, 6.07) is 9.15. The molecule has 1 aromatic carbocycles. The van der Waals surface area contributed by atoms with E-state index in [0.717, 1.165) is 11.6 Å². The lowest BCUT2D eigenvalue weighted by Crippen LogP contribution is -2.42. The van der Waals surface area contributed by atoms with E-state index in [0.29, 0.717) is 16.3 Å². The first-order valence-electron chi connectivity index (χ1n) is 10.1. The van der Waals surface area contributed by atoms with E-state index in [4.69, 9.17) is 5.26 Å². The van der Waals surface area contributed by atoms with Crippen LogP contribution in [0, 0.1) is 11.3 Å². The van der Waals surface area contributed by atoms with E-state index in [-0.39, 0.29) is 12.1 Å². The number of halogens is 1. The second kappa shape index (κ2) is 11.3. The molecule has 6 nitrogen and oxygen atoms in total. The molecule has 0 unspecified atom stereocenters. The monoisotopic (exact) mass is 451 g/mol. The van der Waals surface area contributed by atoms with Crippen LogP contribution in [-0.2, 0) is 6.54 Å². The lowest BCUT2D eigenvalue weighted by molar-refractivity contribution is 0.0343. The fourth-order valence-electron chi connectivity index (χ4n) is 3.15. The first-order valence-corrected chi connectivity index (χ1v) is 11.0. The predicted molar refractivity (Wildman–Crippen MR) is 126 cm³/mol. The number of aliphatic hydroxyl groups is 1. The van der Waals surface area contributed by atoms with Crippen molar-refractivity contribution in [2.75, 3.05) is 0 Å². The normalized spacial score (nSPS) is 14.1. The van der Waals surface area contributed by atoms with E-state index in [2.05, 4.69) is 34.3 Å². The Labute approximate surface area is 191 Å². The second-order valence-corrected chi connectivity index (χ2v) is 7.56. The van der Waals surface area contributed by atoms with Crippen molar-refractivity contribution < 1.29 is 9.50 Å². The molecule has 0 aliphatic carbocycles. The Bertz CT molecular complexity index is 1110. The smallest absolute Gasteiger partial charge is 0.137 e. The van der Waals surface area contributed by atoms with Gasteiger partial charge in [-0.15, -0.1) is 11.3 Å². The second-order valence-electron chi connectivity index (χ2n) is 6.67. The van der Waals surface area contributed by atoms with Crippen molar-refractivity contribution in [3.63, 3.8) is 0 Å². The Kier molecular flexibility index (Phi) is 8.76. The molecule has 0 saturated heterocycles. The van der Waals surface area contributed by atoms with Crippen LogP contribution in [0.1, 0.15) is 37.3 Å². The fourth-order valence-corrected chi connectivity index (χ4v) is 4.12. The summed E-state index contributed by atoms with van der Waals surface area (Å²) in [4.78, 5) is 8.55. The minimum atomic E-state index is -1.69. The standard InChI is InChI=1S/C22H20FN5OS.C2H6/c1-4-18(19(23)5-2)22(29,12-28-14-25-13-26-28)15(3)21-27-20(11-30-21)17-8-6-16(10-24)7-9-17;1-2/h4-9,11,13-15,29H,1-2,12H2,3H3;1-2H3/b19-18-;/t15-,22+;/m0./s1. The van der Waals surface area contributed by atoms with Crippen molar-refractivity contribution in [1.82, 2.24) is 19.7 Å². The molecule has 0 saturated carbocycles. The van der Waals surface area contributed by atoms with Gasteiger partial charge in [0.25, 0.3) is 0 Å². The van der Waals surface area contributed by atoms with Crippen molar-refractivity contribution in [3.05, 3.63) is 89.6 Å². The van der Waals surface area contributed by atoms with E-state index in [1.54, 1.807) is 19.1 Å². The molecule has 2 atom stereocenters. The number of aromatic nitrogens is 4. The molecule has 0 amide bonds. The van der Waals surface area contributed by atoms with Crippen LogP contribution < -0.4 is 0 Å². The third kappa shape index (κ3) is 5.25. The van der Waals surface area contributed by atoms with Gasteiger partial charge in [-0.25, -0.2) is 19.0 Å². The third-order valence-electron chi connectivity index (χ3n) is 4.90. The molecular formula is C24H26FN5OS. The molecule has 0 aliphatic rings. The molecule has 8 heteroatoms. The van der Waals surface area contributed by atoms with Gasteiger partial charge in [-0.1, -0.05) is 52.1 Å². The summed E-state index contributed by atoms with van der Waals surface area (Å²) in [5, 5.41) is 27.1. The van der Waals surface area contributed by atoms with Crippen LogP contribution in [-0.4, -0.2) is 30.5 Å². The topological polar surface area (TPSA) is 87.6 Å². The van der Waals surface area contributed by atoms with Gasteiger partial charge in [-0.05, 0) is 18.2 Å². The van der Waals surface area contributed by atoms with Gasteiger partial charge in [-0.2, -0.15) is 10.4 Å². The van der Waals surface area contributed by atoms with E-state index in [1.807, 2.05) is 31.4 Å². The summed E-state index contributed by atoms with van der Waals surface area (Å²) in [7, 11) is 0. The lowest BCUT2D eigenvalue weighted by atomic mass is 9.81. The Morgan fingerprint density at radius 1 is 1.31 bits per heavy atom. The van der Waals surface area contributed by atoms with E-state index in [1.165, 1.54) is 34.7 Å². The van der Waals surface area contributed by atoms with Gasteiger partial charge in [0.1, 0.15) is 24.1 Å². The number of hydrogen-bond donors (Lipinski definition) is 1. The molecule has 2 heterocycles. The van der Waals surface area contributed by atoms with Crippen LogP contribution in [0.2, 0.25) is 0 Å². The summed E-state index contributed by atoms with van der Waals surface area (Å²) in [6.07, 6.45) is 5.13. The molecule has 2 aromatic heterocycles. The highest BCUT2D eigenvalue weighted by Crippen LogP contribution is 2.40. The van der Waals surface area contributed by atoms with E-state index in [9.17, 15) is 9.50 Å². The van der Waals surface area contributed by atoms with Crippen LogP contribution in [0.3, 0.4) is 0 Å². The fraction of sp³-hybridized carbons (Fsp3) is 0.250. The maximum atomic E-state index is 14.6. The maximum Gasteiger partial charge on any atom is 0.137 e. The maximum absolute atomic E-state index is 14.6. The average molecular weight is 452 g/mol. The zero-order valence-electron chi connectivity index (χ0n) is 18.4. The minimum absolute atomic E-state index is 0.00984. The van der Waals surface area contributed by atoms with Crippen molar-refractivity contribution in [1.29, 1.82) is 5.26 Å². The summed E-state index contributed by atoms with van der Waals surface area (Å²) in [5.74, 6) is -1.25. The largest absolute Gasteiger partial charge is 0.382 e. The summed E-state index contributed by atoms with van der Waals surface area (Å²) in [5.41, 5.74) is 0.442. The van der Waals surface area contributed by atoms with Gasteiger partial charge in [0.05, 0.1) is 28.9 Å². The van der Waals surface area contributed by atoms with Crippen molar-refractivity contribution >= 4 is 11.3 Å². The number of thiazole rings is 1. The summed E-state index contributed by atoms with van der Waals surface area (Å²) < 4.78 is 16.0. The van der Waals surface area contributed by atoms with Crippen LogP contribution >= 0.6 is 11.3 Å². The van der Waals surface area contributed by atoms with Gasteiger partial charge >= 0.3 is 0 Å².